The monoisotopic (exact) mass is 250 g/mol. The molecule has 0 aromatic carbocycles. The number of hydrogen-bond donors (Lipinski definition) is 1. The average molecular weight is 250 g/mol. The largest absolute Gasteiger partial charge is 0.481 e. The summed E-state index contributed by atoms with van der Waals surface area (Å²) in [5.74, 6) is 0.888. The van der Waals surface area contributed by atoms with Crippen molar-refractivity contribution in [3.63, 3.8) is 0 Å². The molecular formula is C16H26O2. The maximum absolute atomic E-state index is 11.2. The van der Waals surface area contributed by atoms with Gasteiger partial charge in [0.05, 0.1) is 5.92 Å². The lowest BCUT2D eigenvalue weighted by Gasteiger charge is -2.33. The molecule has 0 heterocycles. The molecular weight excluding hydrogens is 224 g/mol. The standard InChI is InChI=1S/C16H26O2/c1-2-15(16(17)18)14-10-8-13(9-11-14)12-6-4-3-5-7-12/h10,12-13,15H,2-9,11H2,1H3,(H,17,18). The van der Waals surface area contributed by atoms with Crippen LogP contribution >= 0.6 is 0 Å². The smallest absolute Gasteiger partial charge is 0.310 e. The van der Waals surface area contributed by atoms with Crippen molar-refractivity contribution >= 4 is 5.97 Å². The predicted octanol–water partition coefficient (Wildman–Crippen LogP) is 4.40. The normalized spacial score (nSPS) is 27.6. The molecule has 0 spiro atoms. The van der Waals surface area contributed by atoms with Gasteiger partial charge in [0.25, 0.3) is 0 Å². The molecule has 1 N–H and O–H groups in total. The molecule has 0 aromatic rings. The molecule has 0 radical (unpaired) electrons. The van der Waals surface area contributed by atoms with E-state index in [0.717, 1.165) is 31.1 Å². The van der Waals surface area contributed by atoms with E-state index in [1.807, 2.05) is 6.92 Å². The zero-order valence-corrected chi connectivity index (χ0v) is 11.5. The predicted molar refractivity (Wildman–Crippen MR) is 73.4 cm³/mol. The molecule has 1 fully saturated rings. The summed E-state index contributed by atoms with van der Waals surface area (Å²) in [6.07, 6.45) is 13.4. The van der Waals surface area contributed by atoms with Crippen LogP contribution in [0.5, 0.6) is 0 Å². The molecule has 2 aliphatic carbocycles. The van der Waals surface area contributed by atoms with Gasteiger partial charge in [0.1, 0.15) is 0 Å². The van der Waals surface area contributed by atoms with Crippen molar-refractivity contribution in [2.75, 3.05) is 0 Å². The molecule has 2 heteroatoms. The van der Waals surface area contributed by atoms with Crippen molar-refractivity contribution < 1.29 is 9.90 Å². The summed E-state index contributed by atoms with van der Waals surface area (Å²) in [5.41, 5.74) is 1.19. The van der Waals surface area contributed by atoms with Crippen LogP contribution in [0.25, 0.3) is 0 Å². The van der Waals surface area contributed by atoms with Crippen LogP contribution in [0.3, 0.4) is 0 Å². The second-order valence-electron chi connectivity index (χ2n) is 6.01. The Labute approximate surface area is 110 Å². The average Bonchev–Trinajstić information content (AvgIpc) is 2.41. The Bertz CT molecular complexity index is 313. The molecule has 1 saturated carbocycles. The van der Waals surface area contributed by atoms with Crippen molar-refractivity contribution in [1.82, 2.24) is 0 Å². The number of carboxylic acid groups (broad SMARTS) is 1. The summed E-state index contributed by atoms with van der Waals surface area (Å²) in [7, 11) is 0. The fourth-order valence-corrected chi connectivity index (χ4v) is 3.82. The second-order valence-corrected chi connectivity index (χ2v) is 6.01. The van der Waals surface area contributed by atoms with Crippen LogP contribution in [0.2, 0.25) is 0 Å². The molecule has 0 saturated heterocycles. The molecule has 2 nitrogen and oxygen atoms in total. The number of aliphatic carboxylic acids is 1. The molecule has 0 amide bonds. The van der Waals surface area contributed by atoms with Gasteiger partial charge in [-0.2, -0.15) is 0 Å². The maximum Gasteiger partial charge on any atom is 0.310 e. The van der Waals surface area contributed by atoms with Gasteiger partial charge in [0.2, 0.25) is 0 Å². The van der Waals surface area contributed by atoms with Crippen LogP contribution in [0.15, 0.2) is 11.6 Å². The number of allylic oxidation sites excluding steroid dienone is 1. The topological polar surface area (TPSA) is 37.3 Å². The first-order valence-electron chi connectivity index (χ1n) is 7.64. The van der Waals surface area contributed by atoms with E-state index in [4.69, 9.17) is 0 Å². The summed E-state index contributed by atoms with van der Waals surface area (Å²) >= 11 is 0. The molecule has 0 aromatic heterocycles. The first-order valence-corrected chi connectivity index (χ1v) is 7.64. The molecule has 0 aliphatic heterocycles. The maximum atomic E-state index is 11.2. The van der Waals surface area contributed by atoms with E-state index in [1.54, 1.807) is 0 Å². The quantitative estimate of drug-likeness (QED) is 0.751. The minimum absolute atomic E-state index is 0.225. The highest BCUT2D eigenvalue weighted by Crippen LogP contribution is 2.39. The number of carboxylic acids is 1. The molecule has 2 unspecified atom stereocenters. The van der Waals surface area contributed by atoms with Gasteiger partial charge in [0.15, 0.2) is 0 Å². The van der Waals surface area contributed by atoms with Crippen LogP contribution < -0.4 is 0 Å². The minimum Gasteiger partial charge on any atom is -0.481 e. The van der Waals surface area contributed by atoms with E-state index in [2.05, 4.69) is 6.08 Å². The van der Waals surface area contributed by atoms with Crippen LogP contribution in [0.4, 0.5) is 0 Å². The Balaban J connectivity index is 1.92. The first-order chi connectivity index (χ1) is 8.72. The van der Waals surface area contributed by atoms with Gasteiger partial charge >= 0.3 is 5.97 Å². The van der Waals surface area contributed by atoms with Gasteiger partial charge in [0, 0.05) is 0 Å². The Morgan fingerprint density at radius 2 is 2.00 bits per heavy atom. The SMILES string of the molecule is CCC(C(=O)O)C1=CCC(C2CCCCC2)CC1. The van der Waals surface area contributed by atoms with E-state index in [-0.39, 0.29) is 5.92 Å². The van der Waals surface area contributed by atoms with Crippen LogP contribution in [-0.2, 0) is 4.79 Å². The van der Waals surface area contributed by atoms with E-state index < -0.39 is 5.97 Å². The zero-order chi connectivity index (χ0) is 13.0. The Kier molecular flexibility index (Phi) is 4.85. The number of carbonyl (C=O) groups is 1. The van der Waals surface area contributed by atoms with Crippen molar-refractivity contribution in [1.29, 1.82) is 0 Å². The molecule has 2 atom stereocenters. The van der Waals surface area contributed by atoms with E-state index in [9.17, 15) is 9.90 Å². The molecule has 18 heavy (non-hydrogen) atoms. The van der Waals surface area contributed by atoms with E-state index >= 15 is 0 Å². The fourth-order valence-electron chi connectivity index (χ4n) is 3.82. The summed E-state index contributed by atoms with van der Waals surface area (Å²) in [6, 6.07) is 0. The summed E-state index contributed by atoms with van der Waals surface area (Å²) in [5, 5.41) is 9.20. The van der Waals surface area contributed by atoms with E-state index in [0.29, 0.717) is 0 Å². The van der Waals surface area contributed by atoms with Crippen molar-refractivity contribution in [3.05, 3.63) is 11.6 Å². The van der Waals surface area contributed by atoms with Gasteiger partial charge in [-0.25, -0.2) is 0 Å². The lowest BCUT2D eigenvalue weighted by Crippen LogP contribution is -2.23. The lowest BCUT2D eigenvalue weighted by molar-refractivity contribution is -0.140. The summed E-state index contributed by atoms with van der Waals surface area (Å²) < 4.78 is 0. The second kappa shape index (κ2) is 6.40. The van der Waals surface area contributed by atoms with Gasteiger partial charge in [-0.3, -0.25) is 4.79 Å². The van der Waals surface area contributed by atoms with Gasteiger partial charge in [-0.15, -0.1) is 0 Å². The third-order valence-electron chi connectivity index (χ3n) is 4.96. The van der Waals surface area contributed by atoms with Crippen LogP contribution in [-0.4, -0.2) is 11.1 Å². The first kappa shape index (κ1) is 13.6. The molecule has 0 bridgehead atoms. The van der Waals surface area contributed by atoms with Crippen molar-refractivity contribution in [2.45, 2.75) is 64.7 Å². The molecule has 2 rings (SSSR count). The Morgan fingerprint density at radius 1 is 1.28 bits per heavy atom. The highest BCUT2D eigenvalue weighted by Gasteiger charge is 2.28. The third kappa shape index (κ3) is 3.15. The highest BCUT2D eigenvalue weighted by molar-refractivity contribution is 5.73. The zero-order valence-electron chi connectivity index (χ0n) is 11.5. The summed E-state index contributed by atoms with van der Waals surface area (Å²) in [6.45, 7) is 1.98. The Morgan fingerprint density at radius 3 is 2.50 bits per heavy atom. The fraction of sp³-hybridized carbons (Fsp3) is 0.812. The van der Waals surface area contributed by atoms with Crippen LogP contribution in [0.1, 0.15) is 64.7 Å². The van der Waals surface area contributed by atoms with Gasteiger partial charge < -0.3 is 5.11 Å². The van der Waals surface area contributed by atoms with Crippen molar-refractivity contribution in [2.24, 2.45) is 17.8 Å². The minimum atomic E-state index is -0.639. The third-order valence-corrected chi connectivity index (χ3v) is 4.96. The summed E-state index contributed by atoms with van der Waals surface area (Å²) in [4.78, 5) is 11.2. The number of hydrogen-bond acceptors (Lipinski definition) is 1. The Hall–Kier alpha value is -0.790. The lowest BCUT2D eigenvalue weighted by atomic mass is 9.72. The van der Waals surface area contributed by atoms with Gasteiger partial charge in [-0.1, -0.05) is 50.7 Å². The highest BCUT2D eigenvalue weighted by atomic mass is 16.4. The van der Waals surface area contributed by atoms with Gasteiger partial charge in [-0.05, 0) is 37.5 Å². The van der Waals surface area contributed by atoms with E-state index in [1.165, 1.54) is 44.1 Å². The van der Waals surface area contributed by atoms with Crippen molar-refractivity contribution in [3.8, 4) is 0 Å². The number of rotatable bonds is 4. The van der Waals surface area contributed by atoms with Crippen LogP contribution in [0, 0.1) is 17.8 Å². The molecule has 102 valence electrons. The molecule has 2 aliphatic rings.